The lowest BCUT2D eigenvalue weighted by Crippen LogP contribution is -2.63. The standard InChI is InChI=1S/C59H104N8O23/c1-43(2)49(56(75)66-47(11-9-18-64-59(60)78)55(74)65-45-14-12-44(42-68)13-15-45)67-54(73)46(61-3)10-5-6-17-62-48(69)16-22-81-26-30-85-34-38-87-36-32-83-28-24-79-20-7-4-8-21-80-25-29-84-33-37-88-40-41-89-39-35-86-31-27-82-23-19-63-57-52(72)50(70)51(71)53(90-57)58(76)77/h12-15,18,43,46-47,49-53,57,61,63,68,70-72H,4-11,16-17,19-42H2,1-3H3,(H2,60,78)(H,62,69)(H,65,74)(H,66,75)(H,67,73)(H,76,77)/t46-,47-,49-,50-,51-,52+,53-,57?/m0/s1. The molecule has 1 aromatic carbocycles. The number of aliphatic hydroxyl groups is 4. The first-order valence-corrected chi connectivity index (χ1v) is 31.0. The number of benzene rings is 1. The van der Waals surface area contributed by atoms with E-state index in [1.165, 1.54) is 6.21 Å². The number of aliphatic hydroxyl groups excluding tert-OH is 4. The van der Waals surface area contributed by atoms with Crippen molar-refractivity contribution in [2.24, 2.45) is 16.6 Å². The lowest BCUT2D eigenvalue weighted by atomic mass is 9.98. The van der Waals surface area contributed by atoms with Gasteiger partial charge in [0.05, 0.1) is 145 Å². The highest BCUT2D eigenvalue weighted by Crippen LogP contribution is 2.20. The fourth-order valence-corrected chi connectivity index (χ4v) is 8.29. The predicted octanol–water partition coefficient (Wildman–Crippen LogP) is -1.23. The maximum Gasteiger partial charge on any atom is 0.337 e. The van der Waals surface area contributed by atoms with E-state index in [1.54, 1.807) is 45.2 Å². The molecule has 1 heterocycles. The minimum absolute atomic E-state index is 0.0866. The zero-order valence-electron chi connectivity index (χ0n) is 52.7. The van der Waals surface area contributed by atoms with E-state index >= 15 is 0 Å². The number of hydrogen-bond acceptors (Lipinski definition) is 24. The Labute approximate surface area is 528 Å². The van der Waals surface area contributed by atoms with Gasteiger partial charge in [0.2, 0.25) is 23.6 Å². The molecule has 0 aromatic heterocycles. The van der Waals surface area contributed by atoms with Crippen molar-refractivity contribution in [3.63, 3.8) is 0 Å². The van der Waals surface area contributed by atoms with Crippen LogP contribution in [0.1, 0.15) is 77.2 Å². The van der Waals surface area contributed by atoms with E-state index in [2.05, 4.69) is 36.9 Å². The molecule has 518 valence electrons. The summed E-state index contributed by atoms with van der Waals surface area (Å²) in [5.74, 6) is -3.43. The summed E-state index contributed by atoms with van der Waals surface area (Å²) in [5, 5.41) is 64.9. The van der Waals surface area contributed by atoms with Gasteiger partial charge in [-0.3, -0.25) is 24.5 Å². The van der Waals surface area contributed by atoms with Crippen LogP contribution in [0.5, 0.6) is 0 Å². The van der Waals surface area contributed by atoms with Crippen molar-refractivity contribution in [1.29, 1.82) is 0 Å². The Morgan fingerprint density at radius 1 is 0.567 bits per heavy atom. The van der Waals surface area contributed by atoms with Crippen LogP contribution < -0.4 is 37.6 Å². The van der Waals surface area contributed by atoms with Crippen LogP contribution in [-0.2, 0) is 87.4 Å². The minimum atomic E-state index is -1.74. The van der Waals surface area contributed by atoms with Gasteiger partial charge < -0.3 is 115 Å². The Morgan fingerprint density at radius 3 is 1.52 bits per heavy atom. The molecule has 0 bridgehead atoms. The summed E-state index contributed by atoms with van der Waals surface area (Å²) in [5.41, 5.74) is 6.19. The number of carboxylic acid groups (broad SMARTS) is 1. The number of anilines is 1. The largest absolute Gasteiger partial charge is 0.479 e. The van der Waals surface area contributed by atoms with E-state index in [0.717, 1.165) is 19.3 Å². The van der Waals surface area contributed by atoms with Crippen LogP contribution in [0.2, 0.25) is 0 Å². The van der Waals surface area contributed by atoms with Gasteiger partial charge in [0.15, 0.2) is 6.10 Å². The molecule has 1 saturated heterocycles. The van der Waals surface area contributed by atoms with Crippen LogP contribution in [0.15, 0.2) is 29.3 Å². The van der Waals surface area contributed by atoms with Gasteiger partial charge in [-0.2, -0.15) is 0 Å². The van der Waals surface area contributed by atoms with Crippen molar-refractivity contribution in [1.82, 2.24) is 26.6 Å². The van der Waals surface area contributed by atoms with Crippen molar-refractivity contribution in [2.45, 2.75) is 127 Å². The van der Waals surface area contributed by atoms with Gasteiger partial charge in [0, 0.05) is 44.6 Å². The molecular formula is C59H104N8O23. The maximum absolute atomic E-state index is 13.6. The summed E-state index contributed by atoms with van der Waals surface area (Å²) >= 11 is 0. The first-order chi connectivity index (χ1) is 43.6. The van der Waals surface area contributed by atoms with E-state index in [-0.39, 0.29) is 57.5 Å². The summed E-state index contributed by atoms with van der Waals surface area (Å²) < 4.78 is 65.9. The number of unbranched alkanes of at least 4 members (excludes halogenated alkanes) is 3. The van der Waals surface area contributed by atoms with E-state index < -0.39 is 78.5 Å². The summed E-state index contributed by atoms with van der Waals surface area (Å²) in [4.78, 5) is 78.3. The van der Waals surface area contributed by atoms with Crippen LogP contribution >= 0.6 is 0 Å². The van der Waals surface area contributed by atoms with Gasteiger partial charge >= 0.3 is 12.0 Å². The van der Waals surface area contributed by atoms with Crippen LogP contribution in [0, 0.1) is 5.92 Å². The Morgan fingerprint density at radius 2 is 1.06 bits per heavy atom. The first-order valence-electron chi connectivity index (χ1n) is 31.0. The second kappa shape index (κ2) is 53.5. The topological polar surface area (TPSA) is 425 Å². The monoisotopic (exact) mass is 1290 g/mol. The van der Waals surface area contributed by atoms with Crippen molar-refractivity contribution in [3.05, 3.63) is 29.8 Å². The second-order valence-corrected chi connectivity index (χ2v) is 20.8. The van der Waals surface area contributed by atoms with E-state index in [9.17, 15) is 49.2 Å². The van der Waals surface area contributed by atoms with Crippen LogP contribution in [0.3, 0.4) is 0 Å². The molecule has 0 saturated carbocycles. The Hall–Kier alpha value is -5.01. The van der Waals surface area contributed by atoms with Crippen molar-refractivity contribution in [2.75, 3.05) is 171 Å². The molecular weight excluding hydrogens is 1190 g/mol. The molecule has 31 nitrogen and oxygen atoms in total. The number of likely N-dealkylation sites (N-methyl/N-ethyl adjacent to an activating group) is 1. The zero-order chi connectivity index (χ0) is 65.8. The van der Waals surface area contributed by atoms with E-state index in [4.69, 9.17) is 67.7 Å². The molecule has 31 heteroatoms. The third-order valence-corrected chi connectivity index (χ3v) is 13.3. The van der Waals surface area contributed by atoms with Gasteiger partial charge in [-0.1, -0.05) is 26.0 Å². The fourth-order valence-electron chi connectivity index (χ4n) is 8.29. The molecule has 2 rings (SSSR count). The molecule has 1 unspecified atom stereocenters. The number of aliphatic imine (C=N–C) groups is 1. The molecule has 6 amide bonds. The summed E-state index contributed by atoms with van der Waals surface area (Å²) in [6.45, 7) is 13.3. The van der Waals surface area contributed by atoms with Gasteiger partial charge in [0.1, 0.15) is 36.6 Å². The van der Waals surface area contributed by atoms with Gasteiger partial charge in [-0.15, -0.1) is 0 Å². The molecule has 0 aliphatic carbocycles. The Bertz CT molecular complexity index is 2070. The normalized spacial score (nSPS) is 17.7. The maximum atomic E-state index is 13.6. The minimum Gasteiger partial charge on any atom is -0.479 e. The number of rotatable bonds is 58. The average molecular weight is 1290 g/mol. The number of primary amides is 1. The van der Waals surface area contributed by atoms with Crippen LogP contribution in [0.25, 0.3) is 0 Å². The predicted molar refractivity (Wildman–Crippen MR) is 327 cm³/mol. The number of ether oxygens (including phenoxy) is 12. The van der Waals surface area contributed by atoms with Gasteiger partial charge in [-0.05, 0) is 82.0 Å². The average Bonchev–Trinajstić information content (AvgIpc) is 1.33. The molecule has 90 heavy (non-hydrogen) atoms. The number of nitrogens with zero attached hydrogens (tertiary/aromatic N) is 1. The molecule has 1 fully saturated rings. The number of hydrogen-bond donors (Lipinski definition) is 12. The smallest absolute Gasteiger partial charge is 0.337 e. The lowest BCUT2D eigenvalue weighted by Gasteiger charge is -2.39. The molecule has 1 aromatic rings. The highest BCUT2D eigenvalue weighted by atomic mass is 16.6. The summed E-state index contributed by atoms with van der Waals surface area (Å²) in [6.07, 6.45) is -1.53. The number of aliphatic carboxylic acids is 1. The molecule has 0 spiro atoms. The zero-order valence-corrected chi connectivity index (χ0v) is 52.7. The third-order valence-electron chi connectivity index (χ3n) is 13.3. The number of nitrogens with one attached hydrogen (secondary N) is 6. The third kappa shape index (κ3) is 40.1. The Balaban J connectivity index is 1.32. The highest BCUT2D eigenvalue weighted by Gasteiger charge is 2.46. The van der Waals surface area contributed by atoms with Crippen molar-refractivity contribution < 1.29 is 111 Å². The number of carboxylic acids is 1. The second-order valence-electron chi connectivity index (χ2n) is 20.8. The first kappa shape index (κ1) is 81.1. The summed E-state index contributed by atoms with van der Waals surface area (Å²) in [7, 11) is 1.65. The number of carbonyl (C=O) groups is 6. The number of urea groups is 1. The summed E-state index contributed by atoms with van der Waals surface area (Å²) in [6, 6.07) is 3.00. The van der Waals surface area contributed by atoms with Gasteiger partial charge in [-0.25, -0.2) is 14.6 Å². The SMILES string of the molecule is CN[C@@H](CCCCNC(=O)CCOCCOCCOCCOCCOCCCCCOCCOCCOCCOCCOCCOCCNC1O[C@H](C(=O)O)[C@@H](O)[C@H](O)[C@H]1O)C(=O)N[C@H](C(=O)N[C@@H](CCC=NC(N)=O)C(=O)Nc1ccc(CO)cc1)C(C)C. The van der Waals surface area contributed by atoms with E-state index in [0.29, 0.717) is 169 Å². The molecule has 1 aliphatic heterocycles. The van der Waals surface area contributed by atoms with Gasteiger partial charge in [0.25, 0.3) is 0 Å². The van der Waals surface area contributed by atoms with E-state index in [1.807, 2.05) is 0 Å². The molecule has 13 N–H and O–H groups in total. The molecule has 8 atom stereocenters. The molecule has 1 aliphatic rings. The van der Waals surface area contributed by atoms with Crippen LogP contribution in [-0.4, -0.2) is 282 Å². The fraction of sp³-hybridized carbons (Fsp3) is 0.780. The highest BCUT2D eigenvalue weighted by molar-refractivity contribution is 5.99. The number of carbonyl (C=O) groups excluding carboxylic acids is 5. The van der Waals surface area contributed by atoms with Crippen molar-refractivity contribution >= 4 is 47.5 Å². The number of nitrogens with two attached hydrogens (primary N) is 1. The number of amides is 6. The van der Waals surface area contributed by atoms with Crippen molar-refractivity contribution in [3.8, 4) is 0 Å². The Kier molecular flexibility index (Phi) is 48.2. The quantitative estimate of drug-likeness (QED) is 0.0268. The molecule has 0 radical (unpaired) electrons. The lowest BCUT2D eigenvalue weighted by molar-refractivity contribution is -0.234. The van der Waals surface area contributed by atoms with Crippen LogP contribution in [0.4, 0.5) is 10.5 Å².